The maximum absolute atomic E-state index is 9.77. The maximum Gasteiger partial charge on any atom is 0.125 e. The Morgan fingerprint density at radius 1 is 1.11 bits per heavy atom. The Morgan fingerprint density at radius 3 is 2.53 bits per heavy atom. The minimum Gasteiger partial charge on any atom is -0.489 e. The summed E-state index contributed by atoms with van der Waals surface area (Å²) < 4.78 is 5.89. The van der Waals surface area contributed by atoms with Gasteiger partial charge in [0.05, 0.1) is 6.10 Å². The van der Waals surface area contributed by atoms with Crippen molar-refractivity contribution in [3.63, 3.8) is 0 Å². The standard InChI is InChI=1S/C17H20O2/c1-12-8-9-16(14(3)18)17(10-12)19-11-15-7-5-4-6-13(15)2/h4-10,14,18H,11H2,1-3H3/t14-/m0/s1. The molecule has 19 heavy (non-hydrogen) atoms. The highest BCUT2D eigenvalue weighted by Crippen LogP contribution is 2.27. The molecule has 2 aromatic rings. The van der Waals surface area contributed by atoms with Gasteiger partial charge in [0.25, 0.3) is 0 Å². The van der Waals surface area contributed by atoms with Crippen molar-refractivity contribution in [3.05, 3.63) is 64.7 Å². The molecular formula is C17H20O2. The summed E-state index contributed by atoms with van der Waals surface area (Å²) in [6, 6.07) is 14.1. The number of aliphatic hydroxyl groups excluding tert-OH is 1. The van der Waals surface area contributed by atoms with Crippen molar-refractivity contribution in [3.8, 4) is 5.75 Å². The van der Waals surface area contributed by atoms with Gasteiger partial charge in [-0.1, -0.05) is 36.4 Å². The molecule has 2 aromatic carbocycles. The average Bonchev–Trinajstić information content (AvgIpc) is 2.37. The highest BCUT2D eigenvalue weighted by atomic mass is 16.5. The number of ether oxygens (including phenoxy) is 1. The second-order valence-corrected chi connectivity index (χ2v) is 4.93. The summed E-state index contributed by atoms with van der Waals surface area (Å²) in [5.74, 6) is 0.762. The number of benzene rings is 2. The topological polar surface area (TPSA) is 29.5 Å². The van der Waals surface area contributed by atoms with Gasteiger partial charge in [0.1, 0.15) is 12.4 Å². The van der Waals surface area contributed by atoms with E-state index in [1.54, 1.807) is 6.92 Å². The summed E-state index contributed by atoms with van der Waals surface area (Å²) in [4.78, 5) is 0. The van der Waals surface area contributed by atoms with E-state index in [0.29, 0.717) is 6.61 Å². The second-order valence-electron chi connectivity index (χ2n) is 4.93. The molecule has 0 aromatic heterocycles. The third-order valence-corrected chi connectivity index (χ3v) is 3.26. The summed E-state index contributed by atoms with van der Waals surface area (Å²) in [6.07, 6.45) is -0.521. The molecule has 0 saturated carbocycles. The van der Waals surface area contributed by atoms with Crippen molar-refractivity contribution in [2.45, 2.75) is 33.5 Å². The van der Waals surface area contributed by atoms with Gasteiger partial charge in [0.15, 0.2) is 0 Å². The lowest BCUT2D eigenvalue weighted by molar-refractivity contribution is 0.190. The zero-order chi connectivity index (χ0) is 13.8. The van der Waals surface area contributed by atoms with Crippen LogP contribution >= 0.6 is 0 Å². The molecule has 2 rings (SSSR count). The Hall–Kier alpha value is -1.80. The third-order valence-electron chi connectivity index (χ3n) is 3.26. The van der Waals surface area contributed by atoms with E-state index >= 15 is 0 Å². The van der Waals surface area contributed by atoms with Crippen LogP contribution in [0.15, 0.2) is 42.5 Å². The molecule has 2 nitrogen and oxygen atoms in total. The number of hydrogen-bond acceptors (Lipinski definition) is 2. The van der Waals surface area contributed by atoms with Crippen LogP contribution in [0.3, 0.4) is 0 Å². The van der Waals surface area contributed by atoms with Crippen LogP contribution in [0.5, 0.6) is 5.75 Å². The first-order chi connectivity index (χ1) is 9.08. The summed E-state index contributed by atoms with van der Waals surface area (Å²) in [7, 11) is 0. The largest absolute Gasteiger partial charge is 0.489 e. The van der Waals surface area contributed by atoms with Crippen molar-refractivity contribution >= 4 is 0 Å². The summed E-state index contributed by atoms with van der Waals surface area (Å²) in [5, 5.41) is 9.77. The van der Waals surface area contributed by atoms with E-state index in [4.69, 9.17) is 4.74 Å². The predicted octanol–water partition coefficient (Wildman–Crippen LogP) is 3.94. The molecule has 0 unspecified atom stereocenters. The lowest BCUT2D eigenvalue weighted by Gasteiger charge is -2.15. The van der Waals surface area contributed by atoms with E-state index in [1.165, 1.54) is 11.1 Å². The van der Waals surface area contributed by atoms with Crippen LogP contribution in [0.4, 0.5) is 0 Å². The first-order valence-electron chi connectivity index (χ1n) is 6.54. The van der Waals surface area contributed by atoms with Crippen LogP contribution in [0.2, 0.25) is 0 Å². The number of rotatable bonds is 4. The van der Waals surface area contributed by atoms with E-state index in [1.807, 2.05) is 37.3 Å². The monoisotopic (exact) mass is 256 g/mol. The molecule has 1 atom stereocenters. The first-order valence-corrected chi connectivity index (χ1v) is 6.54. The fourth-order valence-corrected chi connectivity index (χ4v) is 2.04. The fourth-order valence-electron chi connectivity index (χ4n) is 2.04. The first kappa shape index (κ1) is 13.6. The van der Waals surface area contributed by atoms with Crippen LogP contribution in [0, 0.1) is 13.8 Å². The van der Waals surface area contributed by atoms with E-state index < -0.39 is 6.10 Å². The molecule has 0 saturated heterocycles. The molecule has 0 radical (unpaired) electrons. The Kier molecular flexibility index (Phi) is 4.23. The van der Waals surface area contributed by atoms with Crippen molar-refractivity contribution in [1.82, 2.24) is 0 Å². The van der Waals surface area contributed by atoms with Gasteiger partial charge in [0.2, 0.25) is 0 Å². The van der Waals surface area contributed by atoms with Gasteiger partial charge < -0.3 is 9.84 Å². The van der Waals surface area contributed by atoms with Crippen molar-refractivity contribution < 1.29 is 9.84 Å². The van der Waals surface area contributed by atoms with Gasteiger partial charge in [-0.15, -0.1) is 0 Å². The van der Waals surface area contributed by atoms with Crippen LogP contribution in [-0.4, -0.2) is 5.11 Å². The van der Waals surface area contributed by atoms with E-state index in [-0.39, 0.29) is 0 Å². The summed E-state index contributed by atoms with van der Waals surface area (Å²) in [6.45, 7) is 6.37. The third kappa shape index (κ3) is 3.36. The lowest BCUT2D eigenvalue weighted by atomic mass is 10.1. The second kappa shape index (κ2) is 5.89. The smallest absolute Gasteiger partial charge is 0.125 e. The molecule has 0 aliphatic carbocycles. The van der Waals surface area contributed by atoms with Gasteiger partial charge in [-0.3, -0.25) is 0 Å². The zero-order valence-electron chi connectivity index (χ0n) is 11.7. The van der Waals surface area contributed by atoms with E-state index in [0.717, 1.165) is 16.9 Å². The highest BCUT2D eigenvalue weighted by Gasteiger charge is 2.09. The molecule has 0 fully saturated rings. The van der Waals surface area contributed by atoms with Crippen molar-refractivity contribution in [2.24, 2.45) is 0 Å². The summed E-state index contributed by atoms with van der Waals surface area (Å²) in [5.41, 5.74) is 4.35. The van der Waals surface area contributed by atoms with Crippen LogP contribution in [0.25, 0.3) is 0 Å². The Bertz CT molecular complexity index is 559. The van der Waals surface area contributed by atoms with Crippen LogP contribution in [0.1, 0.15) is 35.3 Å². The molecule has 0 spiro atoms. The average molecular weight is 256 g/mol. The molecular weight excluding hydrogens is 236 g/mol. The van der Waals surface area contributed by atoms with Crippen LogP contribution in [-0.2, 0) is 6.61 Å². The molecule has 0 aliphatic rings. The molecule has 0 bridgehead atoms. The van der Waals surface area contributed by atoms with Gasteiger partial charge in [-0.25, -0.2) is 0 Å². The molecule has 0 heterocycles. The maximum atomic E-state index is 9.77. The van der Waals surface area contributed by atoms with Crippen LogP contribution < -0.4 is 4.74 Å². The number of hydrogen-bond donors (Lipinski definition) is 1. The highest BCUT2D eigenvalue weighted by molar-refractivity contribution is 5.38. The molecule has 0 aliphatic heterocycles. The van der Waals surface area contributed by atoms with Crippen molar-refractivity contribution in [2.75, 3.05) is 0 Å². The minimum atomic E-state index is -0.521. The fraction of sp³-hybridized carbons (Fsp3) is 0.294. The van der Waals surface area contributed by atoms with Gasteiger partial charge in [-0.2, -0.15) is 0 Å². The Balaban J connectivity index is 2.19. The van der Waals surface area contributed by atoms with E-state index in [2.05, 4.69) is 19.1 Å². The quantitative estimate of drug-likeness (QED) is 0.898. The number of aryl methyl sites for hydroxylation is 2. The minimum absolute atomic E-state index is 0.521. The zero-order valence-corrected chi connectivity index (χ0v) is 11.7. The molecule has 1 N–H and O–H groups in total. The molecule has 2 heteroatoms. The predicted molar refractivity (Wildman–Crippen MR) is 77.3 cm³/mol. The van der Waals surface area contributed by atoms with Gasteiger partial charge in [-0.05, 0) is 43.5 Å². The van der Waals surface area contributed by atoms with Gasteiger partial charge >= 0.3 is 0 Å². The SMILES string of the molecule is Cc1ccc([C@H](C)O)c(OCc2ccccc2C)c1. The lowest BCUT2D eigenvalue weighted by Crippen LogP contribution is -2.02. The molecule has 0 amide bonds. The normalized spacial score (nSPS) is 12.2. The Labute approximate surface area is 114 Å². The van der Waals surface area contributed by atoms with E-state index in [9.17, 15) is 5.11 Å². The summed E-state index contributed by atoms with van der Waals surface area (Å²) >= 11 is 0. The number of aliphatic hydroxyl groups is 1. The van der Waals surface area contributed by atoms with Gasteiger partial charge in [0, 0.05) is 5.56 Å². The van der Waals surface area contributed by atoms with Crippen molar-refractivity contribution in [1.29, 1.82) is 0 Å². The molecule has 100 valence electrons. The Morgan fingerprint density at radius 2 is 1.84 bits per heavy atom.